The van der Waals surface area contributed by atoms with Gasteiger partial charge in [0, 0.05) is 32.3 Å². The van der Waals surface area contributed by atoms with Gasteiger partial charge in [0.05, 0.1) is 35.9 Å². The summed E-state index contributed by atoms with van der Waals surface area (Å²) in [5.41, 5.74) is 2.18. The van der Waals surface area contributed by atoms with E-state index in [4.69, 9.17) is 14.0 Å². The fourth-order valence-electron chi connectivity index (χ4n) is 3.13. The topological polar surface area (TPSA) is 117 Å². The molecule has 1 fully saturated rings. The number of fused-ring (bicyclic) bond motifs is 1. The average molecular weight is 372 g/mol. The number of rotatable bonds is 6. The Hall–Kier alpha value is -3.01. The minimum Gasteiger partial charge on any atom is -0.466 e. The minimum absolute atomic E-state index is 0.0538. The third-order valence-electron chi connectivity index (χ3n) is 4.43. The zero-order valence-electron chi connectivity index (χ0n) is 15.1. The molecule has 4 heterocycles. The van der Waals surface area contributed by atoms with Crippen LogP contribution in [0, 0.1) is 0 Å². The molecule has 1 aliphatic heterocycles. The van der Waals surface area contributed by atoms with Gasteiger partial charge in [-0.15, -0.1) is 0 Å². The molecule has 10 heteroatoms. The Morgan fingerprint density at radius 1 is 1.41 bits per heavy atom. The predicted octanol–water partition coefficient (Wildman–Crippen LogP) is 1.77. The summed E-state index contributed by atoms with van der Waals surface area (Å²) in [5.74, 6) is 0.570. The van der Waals surface area contributed by atoms with Crippen LogP contribution >= 0.6 is 0 Å². The molecule has 142 valence electrons. The van der Waals surface area contributed by atoms with Gasteiger partial charge in [0.25, 0.3) is 5.89 Å². The van der Waals surface area contributed by atoms with E-state index in [0.29, 0.717) is 36.9 Å². The van der Waals surface area contributed by atoms with Crippen molar-refractivity contribution in [1.82, 2.24) is 24.9 Å². The van der Waals surface area contributed by atoms with Crippen LogP contribution in [0.5, 0.6) is 0 Å². The molecule has 0 amide bonds. The molecule has 4 rings (SSSR count). The van der Waals surface area contributed by atoms with Crippen LogP contribution in [0.1, 0.15) is 25.6 Å². The van der Waals surface area contributed by atoms with Gasteiger partial charge in [-0.1, -0.05) is 5.16 Å². The number of anilines is 1. The van der Waals surface area contributed by atoms with Gasteiger partial charge in [-0.25, -0.2) is 9.67 Å². The van der Waals surface area contributed by atoms with Crippen LogP contribution in [0.25, 0.3) is 22.5 Å². The number of pyridine rings is 1. The third-order valence-corrected chi connectivity index (χ3v) is 4.43. The van der Waals surface area contributed by atoms with Gasteiger partial charge >= 0.3 is 5.97 Å². The maximum absolute atomic E-state index is 11.7. The molecule has 0 aliphatic carbocycles. The van der Waals surface area contributed by atoms with Crippen LogP contribution < -0.4 is 5.32 Å². The van der Waals surface area contributed by atoms with Gasteiger partial charge in [0.2, 0.25) is 0 Å². The first-order valence-corrected chi connectivity index (χ1v) is 8.78. The van der Waals surface area contributed by atoms with Gasteiger partial charge in [0.1, 0.15) is 6.61 Å². The van der Waals surface area contributed by atoms with Gasteiger partial charge in [-0.3, -0.25) is 4.79 Å². The van der Waals surface area contributed by atoms with Crippen molar-refractivity contribution < 1.29 is 18.8 Å². The van der Waals surface area contributed by atoms with E-state index in [2.05, 4.69) is 25.5 Å². The normalized spacial score (nSPS) is 17.3. The summed E-state index contributed by atoms with van der Waals surface area (Å²) in [4.78, 5) is 20.6. The lowest BCUT2D eigenvalue weighted by molar-refractivity contribution is -0.147. The second-order valence-corrected chi connectivity index (χ2v) is 6.25. The Kier molecular flexibility index (Phi) is 4.71. The van der Waals surface area contributed by atoms with Gasteiger partial charge in [-0.05, 0) is 6.92 Å². The summed E-state index contributed by atoms with van der Waals surface area (Å²) in [7, 11) is 1.57. The van der Waals surface area contributed by atoms with Crippen LogP contribution in [0.3, 0.4) is 0 Å². The summed E-state index contributed by atoms with van der Waals surface area (Å²) in [6.07, 6.45) is 4.45. The second-order valence-electron chi connectivity index (χ2n) is 6.25. The van der Waals surface area contributed by atoms with Crippen LogP contribution in [-0.2, 0) is 27.4 Å². The summed E-state index contributed by atoms with van der Waals surface area (Å²) >= 11 is 0. The van der Waals surface area contributed by atoms with Crippen LogP contribution in [0.15, 0.2) is 16.9 Å². The van der Waals surface area contributed by atoms with Crippen molar-refractivity contribution in [2.75, 3.05) is 19.0 Å². The number of methoxy groups -OCH3 is 1. The first-order valence-electron chi connectivity index (χ1n) is 8.78. The van der Waals surface area contributed by atoms with Crippen molar-refractivity contribution in [3.8, 4) is 11.5 Å². The fraction of sp³-hybridized carbons (Fsp3) is 0.471. The molecule has 0 bridgehead atoms. The van der Waals surface area contributed by atoms with Gasteiger partial charge < -0.3 is 19.3 Å². The number of ether oxygens (including phenoxy) is 2. The highest BCUT2D eigenvalue weighted by Gasteiger charge is 2.25. The number of hydrogen-bond acceptors (Lipinski definition) is 9. The van der Waals surface area contributed by atoms with Crippen LogP contribution in [0.2, 0.25) is 0 Å². The maximum atomic E-state index is 11.7. The highest BCUT2D eigenvalue weighted by molar-refractivity contribution is 5.96. The van der Waals surface area contributed by atoms with E-state index in [9.17, 15) is 4.79 Å². The number of aromatic nitrogens is 5. The van der Waals surface area contributed by atoms with E-state index in [0.717, 1.165) is 23.1 Å². The lowest BCUT2D eigenvalue weighted by Gasteiger charge is -2.24. The predicted molar refractivity (Wildman–Crippen MR) is 94.8 cm³/mol. The van der Waals surface area contributed by atoms with E-state index in [-0.39, 0.29) is 18.6 Å². The highest BCUT2D eigenvalue weighted by Crippen LogP contribution is 2.34. The zero-order chi connectivity index (χ0) is 18.8. The summed E-state index contributed by atoms with van der Waals surface area (Å²) in [5, 5.41) is 12.6. The molecule has 1 N–H and O–H groups in total. The van der Waals surface area contributed by atoms with E-state index < -0.39 is 0 Å². The molecule has 3 aromatic heterocycles. The smallest absolute Gasteiger partial charge is 0.307 e. The Balaban J connectivity index is 1.78. The molecule has 27 heavy (non-hydrogen) atoms. The number of hydrogen-bond donors (Lipinski definition) is 1. The second kappa shape index (κ2) is 7.31. The van der Waals surface area contributed by atoms with E-state index in [1.54, 1.807) is 19.5 Å². The van der Waals surface area contributed by atoms with Crippen molar-refractivity contribution in [3.63, 3.8) is 0 Å². The molecule has 1 aliphatic rings. The third kappa shape index (κ3) is 3.35. The van der Waals surface area contributed by atoms with Crippen molar-refractivity contribution in [3.05, 3.63) is 18.2 Å². The minimum atomic E-state index is -0.213. The summed E-state index contributed by atoms with van der Waals surface area (Å²) in [6, 6.07) is -0.0538. The van der Waals surface area contributed by atoms with E-state index >= 15 is 0 Å². The van der Waals surface area contributed by atoms with Crippen LogP contribution in [0.4, 0.5) is 5.69 Å². The molecular weight excluding hydrogens is 352 g/mol. The SMILES string of the molecule is CCn1ncc2c(NC3CCOC(=O)C3)c(-c3nc(COC)no3)cnc21. The summed E-state index contributed by atoms with van der Waals surface area (Å²) in [6.45, 7) is 3.35. The maximum Gasteiger partial charge on any atom is 0.307 e. The number of aryl methyl sites for hydroxylation is 1. The molecule has 10 nitrogen and oxygen atoms in total. The fourth-order valence-corrected chi connectivity index (χ4v) is 3.13. The van der Waals surface area contributed by atoms with E-state index in [1.165, 1.54) is 0 Å². The Labute approximate surface area is 154 Å². The number of carbonyl (C=O) groups is 1. The molecule has 0 aromatic carbocycles. The molecular formula is C17H20N6O4. The van der Waals surface area contributed by atoms with Crippen molar-refractivity contribution in [1.29, 1.82) is 0 Å². The highest BCUT2D eigenvalue weighted by atomic mass is 16.5. The van der Waals surface area contributed by atoms with Gasteiger partial charge in [0.15, 0.2) is 11.5 Å². The Morgan fingerprint density at radius 3 is 3.07 bits per heavy atom. The van der Waals surface area contributed by atoms with Crippen molar-refractivity contribution in [2.45, 2.75) is 39.0 Å². The van der Waals surface area contributed by atoms with E-state index in [1.807, 2.05) is 11.6 Å². The largest absolute Gasteiger partial charge is 0.466 e. The molecule has 1 unspecified atom stereocenters. The molecule has 3 aromatic rings. The van der Waals surface area contributed by atoms with Crippen LogP contribution in [-0.4, -0.2) is 50.6 Å². The molecule has 0 radical (unpaired) electrons. The average Bonchev–Trinajstić information content (AvgIpc) is 3.29. The first-order chi connectivity index (χ1) is 13.2. The molecule has 0 spiro atoms. The molecule has 1 saturated heterocycles. The van der Waals surface area contributed by atoms with Crippen molar-refractivity contribution in [2.24, 2.45) is 0 Å². The number of carbonyl (C=O) groups excluding carboxylic acids is 1. The number of cyclic esters (lactones) is 1. The van der Waals surface area contributed by atoms with Gasteiger partial charge in [-0.2, -0.15) is 10.1 Å². The molecule has 0 saturated carbocycles. The number of nitrogens with one attached hydrogen (secondary N) is 1. The summed E-state index contributed by atoms with van der Waals surface area (Å²) < 4.78 is 17.3. The Morgan fingerprint density at radius 2 is 2.30 bits per heavy atom. The first kappa shape index (κ1) is 17.4. The van der Waals surface area contributed by atoms with Crippen molar-refractivity contribution >= 4 is 22.7 Å². The zero-order valence-corrected chi connectivity index (χ0v) is 15.1. The Bertz CT molecular complexity index is 966. The number of nitrogens with zero attached hydrogens (tertiary/aromatic N) is 5. The standard InChI is InChI=1S/C17H20N6O4/c1-3-23-16-11(8-19-23)15(20-10-4-5-26-14(24)6-10)12(7-18-16)17-21-13(9-25-2)22-27-17/h7-8,10H,3-6,9H2,1-2H3,(H,18,20). The molecule has 1 atom stereocenters. The quantitative estimate of drug-likeness (QED) is 0.646. The lowest BCUT2D eigenvalue weighted by atomic mass is 10.1. The number of esters is 1. The monoisotopic (exact) mass is 372 g/mol. The lowest BCUT2D eigenvalue weighted by Crippen LogP contribution is -2.31.